The fourth-order valence-corrected chi connectivity index (χ4v) is 4.70. The Bertz CT molecular complexity index is 1030. The Morgan fingerprint density at radius 3 is 2.82 bits per heavy atom. The SMILES string of the molecule is CCCCCc1nnc(-c2nn(-c3ccc(F)cc3F)c3c2C2CCC3C2)o1. The Labute approximate surface area is 161 Å². The first-order valence-electron chi connectivity index (χ1n) is 10.1. The molecule has 2 aliphatic carbocycles. The summed E-state index contributed by atoms with van der Waals surface area (Å²) in [5, 5.41) is 13.1. The smallest absolute Gasteiger partial charge is 0.268 e. The van der Waals surface area contributed by atoms with Crippen molar-refractivity contribution in [2.45, 2.75) is 63.7 Å². The van der Waals surface area contributed by atoms with Crippen LogP contribution >= 0.6 is 0 Å². The minimum atomic E-state index is -0.620. The minimum absolute atomic E-state index is 0.263. The monoisotopic (exact) mass is 384 g/mol. The van der Waals surface area contributed by atoms with Gasteiger partial charge in [-0.15, -0.1) is 10.2 Å². The highest BCUT2D eigenvalue weighted by Crippen LogP contribution is 2.56. The maximum Gasteiger partial charge on any atom is 0.268 e. The molecule has 0 N–H and O–H groups in total. The summed E-state index contributed by atoms with van der Waals surface area (Å²) in [5.74, 6) is 0.533. The highest BCUT2D eigenvalue weighted by molar-refractivity contribution is 5.61. The van der Waals surface area contributed by atoms with Crippen LogP contribution in [0.2, 0.25) is 0 Å². The van der Waals surface area contributed by atoms with Crippen LogP contribution in [-0.4, -0.2) is 20.0 Å². The summed E-state index contributed by atoms with van der Waals surface area (Å²) in [6.07, 6.45) is 7.22. The second-order valence-corrected chi connectivity index (χ2v) is 7.82. The molecule has 28 heavy (non-hydrogen) atoms. The number of hydrogen-bond acceptors (Lipinski definition) is 4. The van der Waals surface area contributed by atoms with Crippen molar-refractivity contribution >= 4 is 0 Å². The summed E-state index contributed by atoms with van der Waals surface area (Å²) in [5.41, 5.74) is 3.03. The predicted molar refractivity (Wildman–Crippen MR) is 99.3 cm³/mol. The first-order valence-corrected chi connectivity index (χ1v) is 10.1. The number of nitrogens with zero attached hydrogens (tertiary/aromatic N) is 4. The molecule has 0 radical (unpaired) electrons. The summed E-state index contributed by atoms with van der Waals surface area (Å²) in [6.45, 7) is 2.15. The van der Waals surface area contributed by atoms with E-state index in [4.69, 9.17) is 4.42 Å². The van der Waals surface area contributed by atoms with Crippen molar-refractivity contribution in [3.05, 3.63) is 47.0 Å². The lowest BCUT2D eigenvalue weighted by Crippen LogP contribution is -2.07. The second kappa shape index (κ2) is 6.79. The van der Waals surface area contributed by atoms with E-state index in [0.29, 0.717) is 29.3 Å². The highest BCUT2D eigenvalue weighted by Gasteiger charge is 2.44. The summed E-state index contributed by atoms with van der Waals surface area (Å²) < 4.78 is 35.4. The predicted octanol–water partition coefficient (Wildman–Crippen LogP) is 5.30. The van der Waals surface area contributed by atoms with Gasteiger partial charge in [0.1, 0.15) is 11.5 Å². The summed E-state index contributed by atoms with van der Waals surface area (Å²) in [7, 11) is 0. The third kappa shape index (κ3) is 2.75. The molecule has 0 spiro atoms. The molecule has 146 valence electrons. The van der Waals surface area contributed by atoms with Crippen LogP contribution in [0.1, 0.15) is 74.4 Å². The largest absolute Gasteiger partial charge is 0.419 e. The van der Waals surface area contributed by atoms with Gasteiger partial charge in [-0.25, -0.2) is 13.5 Å². The van der Waals surface area contributed by atoms with E-state index in [0.717, 1.165) is 62.3 Å². The zero-order valence-electron chi connectivity index (χ0n) is 15.8. The number of halogens is 2. The summed E-state index contributed by atoms with van der Waals surface area (Å²) >= 11 is 0. The van der Waals surface area contributed by atoms with Crippen LogP contribution in [0.4, 0.5) is 8.78 Å². The van der Waals surface area contributed by atoms with Crippen molar-refractivity contribution in [3.63, 3.8) is 0 Å². The average molecular weight is 384 g/mol. The maximum absolute atomic E-state index is 14.5. The van der Waals surface area contributed by atoms with E-state index < -0.39 is 11.6 Å². The lowest BCUT2D eigenvalue weighted by Gasteiger charge is -2.14. The first kappa shape index (κ1) is 17.5. The Morgan fingerprint density at radius 1 is 1.14 bits per heavy atom. The molecule has 1 saturated carbocycles. The van der Waals surface area contributed by atoms with Gasteiger partial charge in [-0.05, 0) is 43.7 Å². The van der Waals surface area contributed by atoms with Gasteiger partial charge in [-0.2, -0.15) is 5.10 Å². The molecule has 1 aromatic carbocycles. The van der Waals surface area contributed by atoms with Crippen LogP contribution in [0.5, 0.6) is 0 Å². The molecule has 3 aromatic rings. The van der Waals surface area contributed by atoms with Gasteiger partial charge in [0, 0.05) is 24.0 Å². The molecule has 2 bridgehead atoms. The molecule has 0 aliphatic heterocycles. The van der Waals surface area contributed by atoms with E-state index in [9.17, 15) is 8.78 Å². The molecule has 0 saturated heterocycles. The van der Waals surface area contributed by atoms with Gasteiger partial charge in [0.15, 0.2) is 11.5 Å². The Hall–Kier alpha value is -2.57. The molecule has 0 amide bonds. The van der Waals surface area contributed by atoms with Crippen molar-refractivity contribution in [1.82, 2.24) is 20.0 Å². The molecule has 2 atom stereocenters. The van der Waals surface area contributed by atoms with Crippen LogP contribution in [0.25, 0.3) is 17.3 Å². The minimum Gasteiger partial charge on any atom is -0.419 e. The number of benzene rings is 1. The van der Waals surface area contributed by atoms with Gasteiger partial charge in [0.25, 0.3) is 5.89 Å². The van der Waals surface area contributed by atoms with Crippen molar-refractivity contribution in [3.8, 4) is 17.3 Å². The van der Waals surface area contributed by atoms with Crippen molar-refractivity contribution < 1.29 is 13.2 Å². The molecule has 5 nitrogen and oxygen atoms in total. The van der Waals surface area contributed by atoms with E-state index in [2.05, 4.69) is 22.2 Å². The van der Waals surface area contributed by atoms with Crippen LogP contribution in [-0.2, 0) is 6.42 Å². The van der Waals surface area contributed by atoms with E-state index >= 15 is 0 Å². The van der Waals surface area contributed by atoms with E-state index in [1.165, 1.54) is 12.1 Å². The van der Waals surface area contributed by atoms with Crippen molar-refractivity contribution in [1.29, 1.82) is 0 Å². The topological polar surface area (TPSA) is 56.7 Å². The van der Waals surface area contributed by atoms with Gasteiger partial charge in [-0.1, -0.05) is 19.8 Å². The third-order valence-corrected chi connectivity index (χ3v) is 5.99. The Kier molecular flexibility index (Phi) is 4.25. The molecule has 1 fully saturated rings. The standard InChI is InChI=1S/C21H22F2N4O/c1-2-3-4-5-17-24-25-21(28-17)19-18-12-6-7-13(10-12)20(18)27(26-19)16-9-8-14(22)11-15(16)23/h8-9,11-13H,2-7,10H2,1H3. The van der Waals surface area contributed by atoms with Crippen LogP contribution < -0.4 is 0 Å². The first-order chi connectivity index (χ1) is 13.7. The van der Waals surface area contributed by atoms with Gasteiger partial charge in [0.2, 0.25) is 5.89 Å². The van der Waals surface area contributed by atoms with Gasteiger partial charge < -0.3 is 4.42 Å². The normalized spacial score (nSPS) is 20.1. The average Bonchev–Trinajstić information content (AvgIpc) is 3.44. The zero-order valence-corrected chi connectivity index (χ0v) is 15.8. The fourth-order valence-electron chi connectivity index (χ4n) is 4.70. The molecule has 5 rings (SSSR count). The molecule has 2 aliphatic rings. The molecule has 2 aromatic heterocycles. The van der Waals surface area contributed by atoms with Gasteiger partial charge in [0.05, 0.1) is 5.69 Å². The molecular formula is C21H22F2N4O. The number of aromatic nitrogens is 4. The molecule has 7 heteroatoms. The van der Waals surface area contributed by atoms with Gasteiger partial charge >= 0.3 is 0 Å². The highest BCUT2D eigenvalue weighted by atomic mass is 19.1. The van der Waals surface area contributed by atoms with Gasteiger partial charge in [-0.3, -0.25) is 0 Å². The number of hydrogen-bond donors (Lipinski definition) is 0. The van der Waals surface area contributed by atoms with E-state index in [1.54, 1.807) is 4.68 Å². The van der Waals surface area contributed by atoms with Crippen molar-refractivity contribution in [2.75, 3.05) is 0 Å². The lowest BCUT2D eigenvalue weighted by atomic mass is 9.95. The maximum atomic E-state index is 14.5. The fraction of sp³-hybridized carbons (Fsp3) is 0.476. The quantitative estimate of drug-likeness (QED) is 0.541. The van der Waals surface area contributed by atoms with Crippen LogP contribution in [0.3, 0.4) is 0 Å². The number of rotatable bonds is 6. The van der Waals surface area contributed by atoms with Crippen LogP contribution in [0.15, 0.2) is 22.6 Å². The second-order valence-electron chi connectivity index (χ2n) is 7.82. The number of fused-ring (bicyclic) bond motifs is 5. The summed E-state index contributed by atoms with van der Waals surface area (Å²) in [4.78, 5) is 0. The number of unbranched alkanes of at least 4 members (excludes halogenated alkanes) is 2. The summed E-state index contributed by atoms with van der Waals surface area (Å²) in [6, 6.07) is 3.60. The van der Waals surface area contributed by atoms with E-state index in [-0.39, 0.29) is 5.69 Å². The number of aryl methyl sites for hydroxylation is 1. The molecular weight excluding hydrogens is 362 g/mol. The third-order valence-electron chi connectivity index (χ3n) is 5.99. The van der Waals surface area contributed by atoms with Crippen LogP contribution in [0, 0.1) is 11.6 Å². The Balaban J connectivity index is 1.58. The molecule has 2 unspecified atom stereocenters. The lowest BCUT2D eigenvalue weighted by molar-refractivity contribution is 0.489. The van der Waals surface area contributed by atoms with E-state index in [1.807, 2.05) is 0 Å². The zero-order chi connectivity index (χ0) is 19.3. The molecule has 2 heterocycles. The van der Waals surface area contributed by atoms with Crippen molar-refractivity contribution in [2.24, 2.45) is 0 Å². The Morgan fingerprint density at radius 2 is 2.00 bits per heavy atom.